The third-order valence-corrected chi connectivity index (χ3v) is 2.40. The monoisotopic (exact) mass is 211 g/mol. The van der Waals surface area contributed by atoms with Crippen LogP contribution in [0.2, 0.25) is 0 Å². The first-order valence-electron chi connectivity index (χ1n) is 4.37. The molecule has 0 bridgehead atoms. The molecule has 1 aromatic rings. The Labute approximate surface area is 89.6 Å². The first kappa shape index (κ1) is 11.1. The summed E-state index contributed by atoms with van der Waals surface area (Å²) >= 11 is 4.13. The molecule has 0 unspecified atom stereocenters. The molecule has 0 atom stereocenters. The van der Waals surface area contributed by atoms with Gasteiger partial charge in [0.2, 0.25) is 0 Å². The number of nitrogens with zero attached hydrogens (tertiary/aromatic N) is 1. The lowest BCUT2D eigenvalue weighted by molar-refractivity contribution is 0.627. The van der Waals surface area contributed by atoms with Gasteiger partial charge in [-0.2, -0.15) is 12.6 Å². The first-order valence-corrected chi connectivity index (χ1v) is 5.01. The minimum atomic E-state index is -0.213. The Morgan fingerprint density at radius 1 is 1.43 bits per heavy atom. The minimum Gasteiger partial charge on any atom is -0.371 e. The van der Waals surface area contributed by atoms with E-state index >= 15 is 0 Å². The van der Waals surface area contributed by atoms with E-state index in [1.807, 2.05) is 11.9 Å². The van der Waals surface area contributed by atoms with E-state index in [-0.39, 0.29) is 5.82 Å². The van der Waals surface area contributed by atoms with Gasteiger partial charge in [-0.15, -0.1) is 0 Å². The van der Waals surface area contributed by atoms with Crippen LogP contribution in [0.1, 0.15) is 0 Å². The number of hydrogen-bond donors (Lipinski definition) is 1. The van der Waals surface area contributed by atoms with Crippen LogP contribution in [0.15, 0.2) is 36.4 Å². The second-order valence-corrected chi connectivity index (χ2v) is 3.56. The van der Waals surface area contributed by atoms with Crippen molar-refractivity contribution in [3.63, 3.8) is 0 Å². The maximum Gasteiger partial charge on any atom is 0.123 e. The molecule has 0 radical (unpaired) electrons. The number of hydrogen-bond acceptors (Lipinski definition) is 2. The first-order chi connectivity index (χ1) is 6.63. The van der Waals surface area contributed by atoms with Crippen molar-refractivity contribution in [2.24, 2.45) is 0 Å². The Morgan fingerprint density at radius 2 is 2.00 bits per heavy atom. The molecule has 0 aliphatic rings. The molecule has 0 aromatic heterocycles. The van der Waals surface area contributed by atoms with Crippen LogP contribution < -0.4 is 4.90 Å². The number of likely N-dealkylation sites (N-methyl/N-ethyl adjacent to an activating group) is 1. The van der Waals surface area contributed by atoms with Gasteiger partial charge in [-0.1, -0.05) is 6.58 Å². The summed E-state index contributed by atoms with van der Waals surface area (Å²) in [6, 6.07) is 6.41. The van der Waals surface area contributed by atoms with E-state index in [4.69, 9.17) is 0 Å². The van der Waals surface area contributed by atoms with Gasteiger partial charge in [-0.25, -0.2) is 4.39 Å². The highest BCUT2D eigenvalue weighted by Gasteiger charge is 2.01. The molecular weight excluding hydrogens is 197 g/mol. The highest BCUT2D eigenvalue weighted by molar-refractivity contribution is 7.80. The van der Waals surface area contributed by atoms with Gasteiger partial charge in [-0.05, 0) is 29.8 Å². The topological polar surface area (TPSA) is 3.24 Å². The SMILES string of the molecule is C=C(CS)CN(C)c1ccc(F)cc1. The summed E-state index contributed by atoms with van der Waals surface area (Å²) in [4.78, 5) is 2.01. The summed E-state index contributed by atoms with van der Waals surface area (Å²) in [5.41, 5.74) is 2.02. The van der Waals surface area contributed by atoms with Gasteiger partial charge >= 0.3 is 0 Å². The van der Waals surface area contributed by atoms with Crippen molar-refractivity contribution in [2.45, 2.75) is 0 Å². The maximum absolute atomic E-state index is 12.6. The molecule has 14 heavy (non-hydrogen) atoms. The predicted molar refractivity (Wildman–Crippen MR) is 62.7 cm³/mol. The van der Waals surface area contributed by atoms with E-state index < -0.39 is 0 Å². The fourth-order valence-electron chi connectivity index (χ4n) is 1.17. The Hall–Kier alpha value is -0.960. The molecule has 0 spiro atoms. The zero-order chi connectivity index (χ0) is 10.6. The van der Waals surface area contributed by atoms with Gasteiger partial charge in [0.15, 0.2) is 0 Å². The second-order valence-electron chi connectivity index (χ2n) is 3.24. The highest BCUT2D eigenvalue weighted by atomic mass is 32.1. The van der Waals surface area contributed by atoms with Crippen molar-refractivity contribution >= 4 is 18.3 Å². The van der Waals surface area contributed by atoms with Gasteiger partial charge in [0.05, 0.1) is 0 Å². The molecule has 3 heteroatoms. The molecule has 0 saturated carbocycles. The van der Waals surface area contributed by atoms with Gasteiger partial charge in [-0.3, -0.25) is 0 Å². The lowest BCUT2D eigenvalue weighted by atomic mass is 10.2. The van der Waals surface area contributed by atoms with Gasteiger partial charge in [0.1, 0.15) is 5.82 Å². The van der Waals surface area contributed by atoms with Crippen molar-refractivity contribution in [1.82, 2.24) is 0 Å². The number of benzene rings is 1. The molecule has 76 valence electrons. The molecule has 0 amide bonds. The summed E-state index contributed by atoms with van der Waals surface area (Å²) in [6.07, 6.45) is 0. The van der Waals surface area contributed by atoms with E-state index in [1.54, 1.807) is 12.1 Å². The average molecular weight is 211 g/mol. The van der Waals surface area contributed by atoms with Crippen LogP contribution in [0.25, 0.3) is 0 Å². The number of halogens is 1. The third-order valence-electron chi connectivity index (χ3n) is 1.95. The van der Waals surface area contributed by atoms with E-state index in [1.165, 1.54) is 12.1 Å². The standard InChI is InChI=1S/C11H14FNS/c1-9(8-14)7-13(2)11-5-3-10(12)4-6-11/h3-6,14H,1,7-8H2,2H3. The number of rotatable bonds is 4. The van der Waals surface area contributed by atoms with Crippen molar-refractivity contribution in [3.8, 4) is 0 Å². The van der Waals surface area contributed by atoms with E-state index in [0.29, 0.717) is 5.75 Å². The maximum atomic E-state index is 12.6. The molecule has 1 nitrogen and oxygen atoms in total. The molecular formula is C11H14FNS. The Balaban J connectivity index is 2.65. The molecule has 1 aromatic carbocycles. The Bertz CT molecular complexity index is 308. The molecule has 0 aliphatic heterocycles. The van der Waals surface area contributed by atoms with Crippen molar-refractivity contribution in [2.75, 3.05) is 24.2 Å². The average Bonchev–Trinajstić information content (AvgIpc) is 2.18. The molecule has 0 aliphatic carbocycles. The fraction of sp³-hybridized carbons (Fsp3) is 0.273. The predicted octanol–water partition coefficient (Wildman–Crippen LogP) is 2.75. The van der Waals surface area contributed by atoms with Crippen molar-refractivity contribution in [3.05, 3.63) is 42.2 Å². The zero-order valence-electron chi connectivity index (χ0n) is 8.20. The van der Waals surface area contributed by atoms with Crippen LogP contribution in [0.3, 0.4) is 0 Å². The summed E-state index contributed by atoms with van der Waals surface area (Å²) < 4.78 is 12.6. The zero-order valence-corrected chi connectivity index (χ0v) is 9.10. The van der Waals surface area contributed by atoms with Crippen molar-refractivity contribution in [1.29, 1.82) is 0 Å². The lowest BCUT2D eigenvalue weighted by Crippen LogP contribution is -2.20. The molecule has 0 saturated heterocycles. The van der Waals surface area contributed by atoms with Crippen LogP contribution in [0.5, 0.6) is 0 Å². The van der Waals surface area contributed by atoms with E-state index in [0.717, 1.165) is 17.8 Å². The third kappa shape index (κ3) is 3.07. The summed E-state index contributed by atoms with van der Waals surface area (Å²) in [5.74, 6) is 0.459. The minimum absolute atomic E-state index is 0.213. The van der Waals surface area contributed by atoms with Crippen LogP contribution in [0.4, 0.5) is 10.1 Å². The summed E-state index contributed by atoms with van der Waals surface area (Å²) in [7, 11) is 1.95. The summed E-state index contributed by atoms with van der Waals surface area (Å²) in [5, 5.41) is 0. The van der Waals surface area contributed by atoms with Crippen LogP contribution in [0, 0.1) is 5.82 Å². The highest BCUT2D eigenvalue weighted by Crippen LogP contribution is 2.14. The quantitative estimate of drug-likeness (QED) is 0.592. The van der Waals surface area contributed by atoms with Crippen LogP contribution >= 0.6 is 12.6 Å². The number of thiol groups is 1. The molecule has 1 rings (SSSR count). The van der Waals surface area contributed by atoms with E-state index in [9.17, 15) is 4.39 Å². The lowest BCUT2D eigenvalue weighted by Gasteiger charge is -2.19. The van der Waals surface area contributed by atoms with Gasteiger partial charge in [0, 0.05) is 25.0 Å². The van der Waals surface area contributed by atoms with Crippen molar-refractivity contribution < 1.29 is 4.39 Å². The van der Waals surface area contributed by atoms with Crippen LogP contribution in [-0.2, 0) is 0 Å². The van der Waals surface area contributed by atoms with Gasteiger partial charge < -0.3 is 4.90 Å². The second kappa shape index (κ2) is 5.05. The normalized spacial score (nSPS) is 9.93. The smallest absolute Gasteiger partial charge is 0.123 e. The Morgan fingerprint density at radius 3 is 2.50 bits per heavy atom. The molecule has 0 N–H and O–H groups in total. The largest absolute Gasteiger partial charge is 0.371 e. The fourth-order valence-corrected chi connectivity index (χ4v) is 1.27. The summed E-state index contributed by atoms with van der Waals surface area (Å²) in [6.45, 7) is 4.61. The van der Waals surface area contributed by atoms with E-state index in [2.05, 4.69) is 19.2 Å². The van der Waals surface area contributed by atoms with Gasteiger partial charge in [0.25, 0.3) is 0 Å². The Kier molecular flexibility index (Phi) is 4.01. The molecule has 0 fully saturated rings. The molecule has 0 heterocycles. The number of anilines is 1. The van der Waals surface area contributed by atoms with Crippen LogP contribution in [-0.4, -0.2) is 19.3 Å².